The maximum absolute atomic E-state index is 9.60. The van der Waals surface area contributed by atoms with Crippen LogP contribution in [-0.2, 0) is 0 Å². The van der Waals surface area contributed by atoms with Gasteiger partial charge in [0.2, 0.25) is 0 Å². The summed E-state index contributed by atoms with van der Waals surface area (Å²) in [7, 11) is 0. The predicted molar refractivity (Wildman–Crippen MR) is 51.8 cm³/mol. The lowest BCUT2D eigenvalue weighted by atomic mass is 9.91. The summed E-state index contributed by atoms with van der Waals surface area (Å²) >= 11 is 0. The summed E-state index contributed by atoms with van der Waals surface area (Å²) in [5.41, 5.74) is 0.967. The average molecular weight is 176 g/mol. The quantitative estimate of drug-likeness (QED) is 0.682. The number of hydrogen-bond acceptors (Lipinski definition) is 2. The Kier molecular flexibility index (Phi) is 2.50. The van der Waals surface area contributed by atoms with Gasteiger partial charge in [0.25, 0.3) is 0 Å². The van der Waals surface area contributed by atoms with Crippen LogP contribution in [0, 0.1) is 6.07 Å². The number of benzene rings is 1. The van der Waals surface area contributed by atoms with E-state index in [-0.39, 0.29) is 0 Å². The summed E-state index contributed by atoms with van der Waals surface area (Å²) < 4.78 is 0. The largest absolute Gasteiger partial charge is 0.508 e. The van der Waals surface area contributed by atoms with Crippen molar-refractivity contribution in [3.05, 3.63) is 29.8 Å². The maximum Gasteiger partial charge on any atom is 0.119 e. The summed E-state index contributed by atoms with van der Waals surface area (Å²) in [6.07, 6.45) is 2.34. The number of aromatic hydroxyl groups is 1. The molecule has 1 radical (unpaired) electrons. The summed E-state index contributed by atoms with van der Waals surface area (Å²) in [4.78, 5) is 0. The van der Waals surface area contributed by atoms with E-state index in [1.165, 1.54) is 6.42 Å². The van der Waals surface area contributed by atoms with Gasteiger partial charge in [-0.25, -0.2) is 0 Å². The Balaban J connectivity index is 2.18. The van der Waals surface area contributed by atoms with Gasteiger partial charge in [0.15, 0.2) is 0 Å². The molecule has 0 aromatic heterocycles. The van der Waals surface area contributed by atoms with Crippen LogP contribution in [0.1, 0.15) is 24.3 Å². The minimum atomic E-state index is 0.385. The van der Waals surface area contributed by atoms with E-state index in [1.807, 2.05) is 12.1 Å². The molecule has 1 aromatic carbocycles. The van der Waals surface area contributed by atoms with Gasteiger partial charge in [-0.05, 0) is 31.5 Å². The zero-order chi connectivity index (χ0) is 9.10. The first-order valence-corrected chi connectivity index (χ1v) is 4.78. The van der Waals surface area contributed by atoms with E-state index in [9.17, 15) is 5.11 Å². The third-order valence-electron chi connectivity index (χ3n) is 2.57. The Morgan fingerprint density at radius 3 is 3.15 bits per heavy atom. The Bertz CT molecular complexity index is 279. The zero-order valence-electron chi connectivity index (χ0n) is 7.59. The van der Waals surface area contributed by atoms with Gasteiger partial charge < -0.3 is 10.4 Å². The summed E-state index contributed by atoms with van der Waals surface area (Å²) in [5, 5.41) is 12.9. The van der Waals surface area contributed by atoms with Gasteiger partial charge in [-0.1, -0.05) is 12.1 Å². The molecule has 0 saturated carbocycles. The molecule has 1 fully saturated rings. The topological polar surface area (TPSA) is 32.3 Å². The lowest BCUT2D eigenvalue weighted by Crippen LogP contribution is -2.28. The molecule has 1 aliphatic rings. The molecule has 0 spiro atoms. The van der Waals surface area contributed by atoms with Gasteiger partial charge in [-0.3, -0.25) is 0 Å². The van der Waals surface area contributed by atoms with E-state index in [0.29, 0.717) is 11.7 Å². The fourth-order valence-corrected chi connectivity index (χ4v) is 1.87. The monoisotopic (exact) mass is 176 g/mol. The SMILES string of the molecule is Oc1ccc[c]c1C1CCCNC1. The average Bonchev–Trinajstić information content (AvgIpc) is 2.20. The standard InChI is InChI=1S/C11H14NO/c13-11-6-2-1-5-10(11)9-4-3-7-12-8-9/h1-2,6,9,12-13H,3-4,7-8H2. The van der Waals surface area contributed by atoms with Crippen LogP contribution >= 0.6 is 0 Å². The van der Waals surface area contributed by atoms with Gasteiger partial charge in [0.1, 0.15) is 5.75 Å². The number of phenolic OH excluding ortho intramolecular Hbond substituents is 1. The molecule has 2 nitrogen and oxygen atoms in total. The van der Waals surface area contributed by atoms with E-state index >= 15 is 0 Å². The highest BCUT2D eigenvalue weighted by Gasteiger charge is 2.17. The minimum Gasteiger partial charge on any atom is -0.508 e. The first-order valence-electron chi connectivity index (χ1n) is 4.78. The first-order chi connectivity index (χ1) is 6.38. The third-order valence-corrected chi connectivity index (χ3v) is 2.57. The highest BCUT2D eigenvalue weighted by molar-refractivity contribution is 5.34. The highest BCUT2D eigenvalue weighted by atomic mass is 16.3. The molecular weight excluding hydrogens is 162 g/mol. The Hall–Kier alpha value is -1.02. The van der Waals surface area contributed by atoms with Crippen LogP contribution in [0.25, 0.3) is 0 Å². The molecule has 1 aliphatic heterocycles. The van der Waals surface area contributed by atoms with E-state index in [0.717, 1.165) is 25.1 Å². The Morgan fingerprint density at radius 2 is 2.46 bits per heavy atom. The predicted octanol–water partition coefficient (Wildman–Crippen LogP) is 1.66. The Labute approximate surface area is 78.6 Å². The van der Waals surface area contributed by atoms with Gasteiger partial charge in [-0.15, -0.1) is 0 Å². The van der Waals surface area contributed by atoms with Crippen molar-refractivity contribution < 1.29 is 5.11 Å². The van der Waals surface area contributed by atoms with Crippen LogP contribution in [0.15, 0.2) is 18.2 Å². The van der Waals surface area contributed by atoms with E-state index in [1.54, 1.807) is 6.07 Å². The van der Waals surface area contributed by atoms with Crippen molar-refractivity contribution in [3.8, 4) is 5.75 Å². The second-order valence-electron chi connectivity index (χ2n) is 3.51. The second-order valence-corrected chi connectivity index (χ2v) is 3.51. The molecule has 1 aromatic rings. The molecule has 2 heteroatoms. The summed E-state index contributed by atoms with van der Waals surface area (Å²) in [6, 6.07) is 8.53. The number of rotatable bonds is 1. The van der Waals surface area contributed by atoms with Crippen LogP contribution < -0.4 is 5.32 Å². The molecule has 1 saturated heterocycles. The number of hydrogen-bond donors (Lipinski definition) is 2. The van der Waals surface area contributed by atoms with Crippen molar-refractivity contribution >= 4 is 0 Å². The smallest absolute Gasteiger partial charge is 0.119 e. The van der Waals surface area contributed by atoms with Crippen molar-refractivity contribution in [1.82, 2.24) is 5.32 Å². The molecule has 2 N–H and O–H groups in total. The van der Waals surface area contributed by atoms with Crippen molar-refractivity contribution in [2.24, 2.45) is 0 Å². The zero-order valence-corrected chi connectivity index (χ0v) is 7.59. The van der Waals surface area contributed by atoms with Crippen LogP contribution in [-0.4, -0.2) is 18.2 Å². The van der Waals surface area contributed by atoms with E-state index < -0.39 is 0 Å². The van der Waals surface area contributed by atoms with Crippen LogP contribution in [0.4, 0.5) is 0 Å². The normalized spacial score (nSPS) is 22.9. The van der Waals surface area contributed by atoms with Gasteiger partial charge in [0.05, 0.1) is 0 Å². The molecule has 0 aliphatic carbocycles. The van der Waals surface area contributed by atoms with Crippen LogP contribution in [0.5, 0.6) is 5.75 Å². The van der Waals surface area contributed by atoms with E-state index in [2.05, 4.69) is 11.4 Å². The summed E-state index contributed by atoms with van der Waals surface area (Å²) in [6.45, 7) is 2.07. The first kappa shape index (κ1) is 8.57. The Morgan fingerprint density at radius 1 is 1.54 bits per heavy atom. The molecule has 2 rings (SSSR count). The number of piperidine rings is 1. The summed E-state index contributed by atoms with van der Waals surface area (Å²) in [5.74, 6) is 0.825. The number of phenols is 1. The molecule has 1 unspecified atom stereocenters. The molecular formula is C11H14NO. The van der Waals surface area contributed by atoms with Gasteiger partial charge >= 0.3 is 0 Å². The molecule has 69 valence electrons. The second kappa shape index (κ2) is 3.79. The van der Waals surface area contributed by atoms with Crippen molar-refractivity contribution in [2.75, 3.05) is 13.1 Å². The number of nitrogens with one attached hydrogen (secondary N) is 1. The van der Waals surface area contributed by atoms with Gasteiger partial charge in [0, 0.05) is 18.0 Å². The lowest BCUT2D eigenvalue weighted by Gasteiger charge is -2.23. The van der Waals surface area contributed by atoms with Crippen LogP contribution in [0.2, 0.25) is 0 Å². The van der Waals surface area contributed by atoms with Crippen molar-refractivity contribution in [1.29, 1.82) is 0 Å². The van der Waals surface area contributed by atoms with Crippen molar-refractivity contribution in [2.45, 2.75) is 18.8 Å². The molecule has 0 amide bonds. The van der Waals surface area contributed by atoms with Crippen molar-refractivity contribution in [3.63, 3.8) is 0 Å². The van der Waals surface area contributed by atoms with E-state index in [4.69, 9.17) is 0 Å². The third kappa shape index (κ3) is 1.83. The van der Waals surface area contributed by atoms with Gasteiger partial charge in [-0.2, -0.15) is 0 Å². The molecule has 0 bridgehead atoms. The fourth-order valence-electron chi connectivity index (χ4n) is 1.87. The maximum atomic E-state index is 9.60. The highest BCUT2D eigenvalue weighted by Crippen LogP contribution is 2.29. The molecule has 13 heavy (non-hydrogen) atoms. The fraction of sp³-hybridized carbons (Fsp3) is 0.455. The lowest BCUT2D eigenvalue weighted by molar-refractivity contribution is 0.425. The molecule has 1 heterocycles. The van der Waals surface area contributed by atoms with Crippen LogP contribution in [0.3, 0.4) is 0 Å². The molecule has 1 atom stereocenters. The minimum absolute atomic E-state index is 0.385.